The lowest BCUT2D eigenvalue weighted by Gasteiger charge is -2.18. The molecule has 0 aliphatic carbocycles. The Labute approximate surface area is 134 Å². The van der Waals surface area contributed by atoms with E-state index in [0.29, 0.717) is 12.0 Å². The van der Waals surface area contributed by atoms with Crippen molar-refractivity contribution in [1.82, 2.24) is 5.32 Å². The molecule has 1 unspecified atom stereocenters. The summed E-state index contributed by atoms with van der Waals surface area (Å²) >= 11 is 5.36. The van der Waals surface area contributed by atoms with E-state index in [4.69, 9.17) is 0 Å². The van der Waals surface area contributed by atoms with Crippen LogP contribution in [0.1, 0.15) is 42.8 Å². The van der Waals surface area contributed by atoms with E-state index in [1.54, 1.807) is 11.3 Å². The number of nitrogens with one attached hydrogen (secondary N) is 1. The van der Waals surface area contributed by atoms with E-state index in [1.165, 1.54) is 20.5 Å². The van der Waals surface area contributed by atoms with Gasteiger partial charge in [-0.2, -0.15) is 0 Å². The molecule has 0 fully saturated rings. The quantitative estimate of drug-likeness (QED) is 0.733. The molecule has 1 aromatic heterocycles. The van der Waals surface area contributed by atoms with Gasteiger partial charge in [-0.3, -0.25) is 0 Å². The van der Waals surface area contributed by atoms with Crippen molar-refractivity contribution in [3.8, 4) is 0 Å². The number of rotatable bonds is 6. The fourth-order valence-corrected chi connectivity index (χ4v) is 3.98. The molecule has 108 valence electrons. The lowest BCUT2D eigenvalue weighted by Crippen LogP contribution is -2.21. The van der Waals surface area contributed by atoms with E-state index in [2.05, 4.69) is 77.7 Å². The lowest BCUT2D eigenvalue weighted by molar-refractivity contribution is 0.630. The van der Waals surface area contributed by atoms with Gasteiger partial charge in [-0.25, -0.2) is 0 Å². The number of hydrogen-bond acceptors (Lipinski definition) is 2. The van der Waals surface area contributed by atoms with Crippen LogP contribution >= 0.6 is 27.3 Å². The molecule has 0 aliphatic rings. The highest BCUT2D eigenvalue weighted by molar-refractivity contribution is 9.10. The normalized spacial score (nSPS) is 12.8. The van der Waals surface area contributed by atoms with Gasteiger partial charge in [0.05, 0.1) is 6.04 Å². The molecule has 2 rings (SSSR count). The number of benzene rings is 1. The van der Waals surface area contributed by atoms with Crippen LogP contribution < -0.4 is 5.32 Å². The molecule has 0 aliphatic heterocycles. The molecule has 20 heavy (non-hydrogen) atoms. The van der Waals surface area contributed by atoms with Crippen LogP contribution in [0.4, 0.5) is 0 Å². The Morgan fingerprint density at radius 3 is 2.65 bits per heavy atom. The van der Waals surface area contributed by atoms with Gasteiger partial charge in [0.1, 0.15) is 0 Å². The summed E-state index contributed by atoms with van der Waals surface area (Å²) in [6, 6.07) is 11.5. The van der Waals surface area contributed by atoms with Gasteiger partial charge in [-0.1, -0.05) is 45.0 Å². The number of halogens is 1. The largest absolute Gasteiger partial charge is 0.306 e. The maximum absolute atomic E-state index is 3.60. The first kappa shape index (κ1) is 15.7. The van der Waals surface area contributed by atoms with Crippen LogP contribution in [0.25, 0.3) is 0 Å². The summed E-state index contributed by atoms with van der Waals surface area (Å²) < 4.78 is 1.17. The Hall–Kier alpha value is -0.640. The first-order valence-corrected chi connectivity index (χ1v) is 8.83. The second-order valence-electron chi connectivity index (χ2n) is 5.50. The highest BCUT2D eigenvalue weighted by Gasteiger charge is 2.15. The van der Waals surface area contributed by atoms with Gasteiger partial charge in [0, 0.05) is 14.7 Å². The van der Waals surface area contributed by atoms with Crippen molar-refractivity contribution in [1.29, 1.82) is 0 Å². The summed E-state index contributed by atoms with van der Waals surface area (Å²) in [7, 11) is 0. The minimum Gasteiger partial charge on any atom is -0.306 e. The Bertz CT molecular complexity index is 547. The maximum atomic E-state index is 3.60. The standard InChI is InChI=1S/C17H22BrNS/c1-4-19-17(16-10-15(18)11-20-16)14-7-5-6-13(9-14)8-12(2)3/h5-7,9-12,17,19H,4,8H2,1-3H3. The zero-order valence-corrected chi connectivity index (χ0v) is 14.7. The maximum Gasteiger partial charge on any atom is 0.0671 e. The van der Waals surface area contributed by atoms with Gasteiger partial charge in [-0.15, -0.1) is 11.3 Å². The van der Waals surface area contributed by atoms with Gasteiger partial charge in [-0.05, 0) is 52.0 Å². The molecule has 2 aromatic rings. The van der Waals surface area contributed by atoms with E-state index in [9.17, 15) is 0 Å². The van der Waals surface area contributed by atoms with E-state index >= 15 is 0 Å². The summed E-state index contributed by atoms with van der Waals surface area (Å²) in [6.07, 6.45) is 1.14. The number of hydrogen-bond donors (Lipinski definition) is 1. The molecule has 1 N–H and O–H groups in total. The van der Waals surface area contributed by atoms with Crippen molar-refractivity contribution < 1.29 is 0 Å². The minimum absolute atomic E-state index is 0.295. The predicted octanol–water partition coefficient (Wildman–Crippen LogP) is 5.41. The van der Waals surface area contributed by atoms with Crippen LogP contribution in [0.2, 0.25) is 0 Å². The third kappa shape index (κ3) is 4.18. The molecule has 1 aromatic carbocycles. The van der Waals surface area contributed by atoms with Gasteiger partial charge < -0.3 is 5.32 Å². The number of thiophene rings is 1. The molecule has 0 saturated carbocycles. The molecule has 1 nitrogen and oxygen atoms in total. The summed E-state index contributed by atoms with van der Waals surface area (Å²) in [6.45, 7) is 7.66. The molecule has 3 heteroatoms. The van der Waals surface area contributed by atoms with E-state index in [-0.39, 0.29) is 0 Å². The lowest BCUT2D eigenvalue weighted by atomic mass is 9.97. The van der Waals surface area contributed by atoms with Crippen molar-refractivity contribution in [2.45, 2.75) is 33.2 Å². The second kappa shape index (κ2) is 7.39. The third-order valence-electron chi connectivity index (χ3n) is 3.21. The van der Waals surface area contributed by atoms with Crippen molar-refractivity contribution in [2.24, 2.45) is 5.92 Å². The Kier molecular flexibility index (Phi) is 5.82. The molecular weight excluding hydrogens is 330 g/mol. The average Bonchev–Trinajstić information content (AvgIpc) is 2.82. The van der Waals surface area contributed by atoms with Crippen LogP contribution in [-0.4, -0.2) is 6.54 Å². The highest BCUT2D eigenvalue weighted by atomic mass is 79.9. The van der Waals surface area contributed by atoms with Gasteiger partial charge in [0.2, 0.25) is 0 Å². The Morgan fingerprint density at radius 2 is 2.05 bits per heavy atom. The summed E-state index contributed by atoms with van der Waals surface area (Å²) in [4.78, 5) is 1.36. The van der Waals surface area contributed by atoms with Crippen molar-refractivity contribution in [3.63, 3.8) is 0 Å². The van der Waals surface area contributed by atoms with Crippen molar-refractivity contribution in [2.75, 3.05) is 6.54 Å². The molecule has 0 bridgehead atoms. The molecular formula is C17H22BrNS. The summed E-state index contributed by atoms with van der Waals surface area (Å²) in [5.74, 6) is 0.693. The predicted molar refractivity (Wildman–Crippen MR) is 92.5 cm³/mol. The van der Waals surface area contributed by atoms with E-state index < -0.39 is 0 Å². The molecule has 0 radical (unpaired) electrons. The second-order valence-corrected chi connectivity index (χ2v) is 7.36. The summed E-state index contributed by atoms with van der Waals surface area (Å²) in [5.41, 5.74) is 2.79. The van der Waals surface area contributed by atoms with Gasteiger partial charge >= 0.3 is 0 Å². The van der Waals surface area contributed by atoms with Crippen LogP contribution in [-0.2, 0) is 6.42 Å². The first-order chi connectivity index (χ1) is 9.60. The van der Waals surface area contributed by atoms with Gasteiger partial charge in [0.15, 0.2) is 0 Å². The molecule has 0 saturated heterocycles. The monoisotopic (exact) mass is 351 g/mol. The van der Waals surface area contributed by atoms with Crippen molar-refractivity contribution >= 4 is 27.3 Å². The van der Waals surface area contributed by atoms with Crippen LogP contribution in [0.3, 0.4) is 0 Å². The van der Waals surface area contributed by atoms with E-state index in [0.717, 1.165) is 13.0 Å². The van der Waals surface area contributed by atoms with Crippen LogP contribution in [0.15, 0.2) is 40.2 Å². The zero-order chi connectivity index (χ0) is 14.5. The molecule has 1 atom stereocenters. The minimum atomic E-state index is 0.295. The highest BCUT2D eigenvalue weighted by Crippen LogP contribution is 2.30. The van der Waals surface area contributed by atoms with Crippen LogP contribution in [0, 0.1) is 5.92 Å². The smallest absolute Gasteiger partial charge is 0.0671 e. The molecule has 0 amide bonds. The first-order valence-electron chi connectivity index (χ1n) is 7.16. The SMILES string of the molecule is CCNC(c1cccc(CC(C)C)c1)c1cc(Br)cs1. The molecule has 1 heterocycles. The van der Waals surface area contributed by atoms with Crippen molar-refractivity contribution in [3.05, 3.63) is 56.2 Å². The topological polar surface area (TPSA) is 12.0 Å². The Morgan fingerprint density at radius 1 is 1.25 bits per heavy atom. The molecule has 0 spiro atoms. The average molecular weight is 352 g/mol. The summed E-state index contributed by atoms with van der Waals surface area (Å²) in [5, 5.41) is 5.75. The third-order valence-corrected chi connectivity index (χ3v) is 4.97. The van der Waals surface area contributed by atoms with E-state index in [1.807, 2.05) is 0 Å². The Balaban J connectivity index is 2.29. The van der Waals surface area contributed by atoms with Crippen LogP contribution in [0.5, 0.6) is 0 Å². The zero-order valence-electron chi connectivity index (χ0n) is 12.3. The fourth-order valence-electron chi connectivity index (χ4n) is 2.44. The fraction of sp³-hybridized carbons (Fsp3) is 0.412. The van der Waals surface area contributed by atoms with Gasteiger partial charge in [0.25, 0.3) is 0 Å².